The third kappa shape index (κ3) is 3.73. The molecule has 0 fully saturated rings. The van der Waals surface area contributed by atoms with Crippen molar-refractivity contribution < 1.29 is 4.79 Å². The summed E-state index contributed by atoms with van der Waals surface area (Å²) in [5, 5.41) is 5.97. The maximum atomic E-state index is 12.4. The minimum Gasteiger partial charge on any atom is -0.307 e. The Kier molecular flexibility index (Phi) is 4.81. The molecule has 9 heteroatoms. The van der Waals surface area contributed by atoms with Crippen LogP contribution in [0.3, 0.4) is 0 Å². The molecule has 0 saturated heterocycles. The van der Waals surface area contributed by atoms with Crippen LogP contribution in [-0.2, 0) is 11.2 Å². The molecule has 0 unspecified atom stereocenters. The number of amides is 1. The van der Waals surface area contributed by atoms with Gasteiger partial charge in [-0.3, -0.25) is 14.6 Å². The molecular weight excluding hydrogens is 400 g/mol. The Morgan fingerprint density at radius 1 is 1.11 bits per heavy atom. The molecule has 28 heavy (non-hydrogen) atoms. The van der Waals surface area contributed by atoms with Crippen LogP contribution < -0.4 is 16.6 Å². The molecule has 0 aliphatic carbocycles. The standard InChI is InChI=1S/C19H13ClN4O3S/c20-12-6-4-10(5-7-12)14-9-28-19(22-14)23-15(25)8-11-2-1-3-13-16(11)17(26)24-18(27)21-13/h1-7,9H,8H2,(H,22,23,25)(H2,21,24,26,27). The highest BCUT2D eigenvalue weighted by Gasteiger charge is 2.13. The molecule has 0 saturated carbocycles. The van der Waals surface area contributed by atoms with E-state index in [2.05, 4.69) is 20.3 Å². The van der Waals surface area contributed by atoms with Gasteiger partial charge in [-0.25, -0.2) is 9.78 Å². The summed E-state index contributed by atoms with van der Waals surface area (Å²) in [6.45, 7) is 0. The van der Waals surface area contributed by atoms with E-state index in [0.717, 1.165) is 11.3 Å². The van der Waals surface area contributed by atoms with Gasteiger partial charge in [-0.15, -0.1) is 11.3 Å². The zero-order valence-electron chi connectivity index (χ0n) is 14.3. The second-order valence-corrected chi connectivity index (χ2v) is 7.31. The van der Waals surface area contributed by atoms with Gasteiger partial charge < -0.3 is 10.3 Å². The predicted octanol–water partition coefficient (Wildman–Crippen LogP) is 3.17. The second kappa shape index (κ2) is 7.41. The Balaban J connectivity index is 1.54. The summed E-state index contributed by atoms with van der Waals surface area (Å²) in [5.41, 5.74) is 1.42. The lowest BCUT2D eigenvalue weighted by Gasteiger charge is -2.05. The number of anilines is 1. The largest absolute Gasteiger partial charge is 0.326 e. The first-order valence-electron chi connectivity index (χ1n) is 8.25. The fourth-order valence-corrected chi connectivity index (χ4v) is 3.72. The maximum Gasteiger partial charge on any atom is 0.326 e. The van der Waals surface area contributed by atoms with Crippen LogP contribution in [0.5, 0.6) is 0 Å². The first-order valence-corrected chi connectivity index (χ1v) is 9.51. The first kappa shape index (κ1) is 18.1. The number of carbonyl (C=O) groups is 1. The minimum absolute atomic E-state index is 0.0255. The lowest BCUT2D eigenvalue weighted by atomic mass is 10.1. The van der Waals surface area contributed by atoms with Gasteiger partial charge in [0.1, 0.15) is 0 Å². The van der Waals surface area contributed by atoms with Crippen LogP contribution in [0.25, 0.3) is 22.2 Å². The van der Waals surface area contributed by atoms with Crippen molar-refractivity contribution in [1.29, 1.82) is 0 Å². The lowest BCUT2D eigenvalue weighted by molar-refractivity contribution is -0.115. The van der Waals surface area contributed by atoms with Crippen molar-refractivity contribution in [3.63, 3.8) is 0 Å². The number of aromatic amines is 2. The Labute approximate surface area is 167 Å². The van der Waals surface area contributed by atoms with Crippen molar-refractivity contribution in [2.45, 2.75) is 6.42 Å². The van der Waals surface area contributed by atoms with Gasteiger partial charge in [-0.2, -0.15) is 0 Å². The smallest absolute Gasteiger partial charge is 0.307 e. The van der Waals surface area contributed by atoms with Crippen molar-refractivity contribution in [1.82, 2.24) is 15.0 Å². The number of thiazole rings is 1. The topological polar surface area (TPSA) is 108 Å². The van der Waals surface area contributed by atoms with Crippen molar-refractivity contribution in [3.05, 3.63) is 79.3 Å². The monoisotopic (exact) mass is 412 g/mol. The van der Waals surface area contributed by atoms with E-state index in [0.29, 0.717) is 26.6 Å². The number of hydrogen-bond acceptors (Lipinski definition) is 5. The van der Waals surface area contributed by atoms with E-state index >= 15 is 0 Å². The van der Waals surface area contributed by atoms with E-state index < -0.39 is 11.2 Å². The first-order chi connectivity index (χ1) is 13.5. The van der Waals surface area contributed by atoms with Crippen molar-refractivity contribution in [2.24, 2.45) is 0 Å². The molecule has 2 aromatic heterocycles. The van der Waals surface area contributed by atoms with Gasteiger partial charge in [-0.1, -0.05) is 35.9 Å². The van der Waals surface area contributed by atoms with E-state index in [1.165, 1.54) is 11.3 Å². The van der Waals surface area contributed by atoms with Crippen LogP contribution in [-0.4, -0.2) is 20.9 Å². The fraction of sp³-hybridized carbons (Fsp3) is 0.0526. The number of halogens is 1. The van der Waals surface area contributed by atoms with E-state index in [1.807, 2.05) is 17.5 Å². The Morgan fingerprint density at radius 3 is 2.68 bits per heavy atom. The van der Waals surface area contributed by atoms with Gasteiger partial charge in [0.05, 0.1) is 23.0 Å². The molecule has 0 aliphatic rings. The van der Waals surface area contributed by atoms with Crippen molar-refractivity contribution in [3.8, 4) is 11.3 Å². The summed E-state index contributed by atoms with van der Waals surface area (Å²) in [6.07, 6.45) is -0.0255. The van der Waals surface area contributed by atoms with E-state index in [1.54, 1.807) is 30.3 Å². The Morgan fingerprint density at radius 2 is 1.89 bits per heavy atom. The van der Waals surface area contributed by atoms with Crippen LogP contribution >= 0.6 is 22.9 Å². The van der Waals surface area contributed by atoms with E-state index in [4.69, 9.17) is 11.6 Å². The zero-order valence-corrected chi connectivity index (χ0v) is 15.9. The minimum atomic E-state index is -0.586. The third-order valence-electron chi connectivity index (χ3n) is 4.09. The molecule has 4 aromatic rings. The number of benzene rings is 2. The van der Waals surface area contributed by atoms with Gasteiger partial charge in [0, 0.05) is 16.0 Å². The Bertz CT molecular complexity index is 1290. The highest BCUT2D eigenvalue weighted by Crippen LogP contribution is 2.26. The molecule has 0 atom stereocenters. The molecule has 0 aliphatic heterocycles. The number of nitrogens with zero attached hydrogens (tertiary/aromatic N) is 1. The van der Waals surface area contributed by atoms with Crippen molar-refractivity contribution in [2.75, 3.05) is 5.32 Å². The zero-order chi connectivity index (χ0) is 19.7. The summed E-state index contributed by atoms with van der Waals surface area (Å²) in [6, 6.07) is 12.2. The van der Waals surface area contributed by atoms with Crippen molar-refractivity contribution >= 4 is 44.9 Å². The van der Waals surface area contributed by atoms with Crippen LogP contribution in [0.15, 0.2) is 57.4 Å². The molecule has 140 valence electrons. The summed E-state index contributed by atoms with van der Waals surface area (Å²) < 4.78 is 0. The van der Waals surface area contributed by atoms with Crippen LogP contribution in [0, 0.1) is 0 Å². The molecule has 1 amide bonds. The molecule has 7 nitrogen and oxygen atoms in total. The molecular formula is C19H13ClN4O3S. The van der Waals surface area contributed by atoms with Gasteiger partial charge >= 0.3 is 5.69 Å². The number of hydrogen-bond donors (Lipinski definition) is 3. The summed E-state index contributed by atoms with van der Waals surface area (Å²) >= 11 is 7.20. The van der Waals surface area contributed by atoms with Gasteiger partial charge in [0.25, 0.3) is 5.56 Å². The highest BCUT2D eigenvalue weighted by atomic mass is 35.5. The number of fused-ring (bicyclic) bond motifs is 1. The fourth-order valence-electron chi connectivity index (χ4n) is 2.86. The third-order valence-corrected chi connectivity index (χ3v) is 5.10. The summed E-state index contributed by atoms with van der Waals surface area (Å²) in [5.74, 6) is -0.310. The molecule has 2 heterocycles. The number of rotatable bonds is 4. The molecule has 2 aromatic carbocycles. The molecule has 0 radical (unpaired) electrons. The maximum absolute atomic E-state index is 12.4. The molecule has 0 spiro atoms. The van der Waals surface area contributed by atoms with Gasteiger partial charge in [0.15, 0.2) is 5.13 Å². The average molecular weight is 413 g/mol. The molecule has 0 bridgehead atoms. The highest BCUT2D eigenvalue weighted by molar-refractivity contribution is 7.14. The number of nitrogens with one attached hydrogen (secondary N) is 3. The number of aromatic nitrogens is 3. The predicted molar refractivity (Wildman–Crippen MR) is 110 cm³/mol. The molecule has 3 N–H and O–H groups in total. The Hall–Kier alpha value is -3.23. The average Bonchev–Trinajstić information content (AvgIpc) is 3.10. The number of H-pyrrole nitrogens is 2. The van der Waals surface area contributed by atoms with Crippen LogP contribution in [0.2, 0.25) is 5.02 Å². The van der Waals surface area contributed by atoms with Crippen LogP contribution in [0.4, 0.5) is 5.13 Å². The SMILES string of the molecule is O=C(Cc1cccc2[nH]c(=O)[nH]c(=O)c12)Nc1nc(-c2ccc(Cl)cc2)cs1. The van der Waals surface area contributed by atoms with E-state index in [-0.39, 0.29) is 12.3 Å². The summed E-state index contributed by atoms with van der Waals surface area (Å²) in [7, 11) is 0. The van der Waals surface area contributed by atoms with Crippen LogP contribution in [0.1, 0.15) is 5.56 Å². The number of carbonyl (C=O) groups excluding carboxylic acids is 1. The lowest BCUT2D eigenvalue weighted by Crippen LogP contribution is -2.23. The normalized spacial score (nSPS) is 10.9. The van der Waals surface area contributed by atoms with Gasteiger partial charge in [-0.05, 0) is 23.8 Å². The quantitative estimate of drug-likeness (QED) is 0.478. The van der Waals surface area contributed by atoms with Gasteiger partial charge in [0.2, 0.25) is 5.91 Å². The van der Waals surface area contributed by atoms with E-state index in [9.17, 15) is 14.4 Å². The summed E-state index contributed by atoms with van der Waals surface area (Å²) in [4.78, 5) is 45.1. The molecule has 4 rings (SSSR count). The second-order valence-electron chi connectivity index (χ2n) is 6.02.